The summed E-state index contributed by atoms with van der Waals surface area (Å²) < 4.78 is 173. The number of alkyl halides is 13. The lowest BCUT2D eigenvalue weighted by Gasteiger charge is -2.42. The molecule has 0 amide bonds. The van der Waals surface area contributed by atoms with E-state index < -0.39 is 60.0 Å². The molecule has 3 atom stereocenters. The molecule has 0 saturated heterocycles. The molecule has 2 unspecified atom stereocenters. The molecular weight excluding hydrogens is 451 g/mol. The molecule has 0 bridgehead atoms. The van der Waals surface area contributed by atoms with Crippen molar-refractivity contribution >= 4 is 0 Å². The van der Waals surface area contributed by atoms with Crippen LogP contribution in [0.2, 0.25) is 0 Å². The molecule has 0 spiro atoms. The van der Waals surface area contributed by atoms with Gasteiger partial charge in [-0.1, -0.05) is 24.3 Å². The van der Waals surface area contributed by atoms with Gasteiger partial charge in [0.05, 0.1) is 0 Å². The van der Waals surface area contributed by atoms with Gasteiger partial charge in [-0.15, -0.1) is 0 Å². The van der Waals surface area contributed by atoms with Gasteiger partial charge in [-0.2, -0.15) is 57.1 Å². The molecule has 0 heterocycles. The van der Waals surface area contributed by atoms with Crippen molar-refractivity contribution in [1.29, 1.82) is 0 Å². The fourth-order valence-electron chi connectivity index (χ4n) is 3.43. The Hall–Kier alpha value is -1.43. The molecule has 1 saturated carbocycles. The van der Waals surface area contributed by atoms with Crippen LogP contribution in [0.1, 0.15) is 26.7 Å². The van der Waals surface area contributed by atoms with Crippen molar-refractivity contribution in [2.75, 3.05) is 0 Å². The van der Waals surface area contributed by atoms with E-state index in [1.54, 1.807) is 0 Å². The zero-order valence-corrected chi connectivity index (χ0v) is 15.4. The van der Waals surface area contributed by atoms with Gasteiger partial charge in [0.1, 0.15) is 0 Å². The van der Waals surface area contributed by atoms with E-state index in [1.807, 2.05) is 0 Å². The van der Waals surface area contributed by atoms with Crippen LogP contribution in [0.5, 0.6) is 0 Å². The minimum atomic E-state index is -7.86. The van der Waals surface area contributed by atoms with Crippen molar-refractivity contribution in [2.45, 2.75) is 62.5 Å². The largest absolute Gasteiger partial charge is 0.460 e. The van der Waals surface area contributed by atoms with E-state index in [4.69, 9.17) is 0 Å². The van der Waals surface area contributed by atoms with Crippen molar-refractivity contribution in [3.8, 4) is 0 Å². The highest BCUT2D eigenvalue weighted by Gasteiger charge is 2.91. The second-order valence-corrected chi connectivity index (χ2v) is 6.97. The van der Waals surface area contributed by atoms with Crippen LogP contribution in [0.25, 0.3) is 0 Å². The molecule has 30 heavy (non-hydrogen) atoms. The lowest BCUT2D eigenvalue weighted by atomic mass is 9.82. The predicted octanol–water partition coefficient (Wildman–Crippen LogP) is 7.52. The molecule has 0 aromatic rings. The highest BCUT2D eigenvalue weighted by molar-refractivity contribution is 5.15. The van der Waals surface area contributed by atoms with Crippen molar-refractivity contribution in [2.24, 2.45) is 17.8 Å². The maximum Gasteiger partial charge on any atom is 0.460 e. The minimum absolute atomic E-state index is 0.272. The number of rotatable bonds is 7. The molecular formula is C17H17F13. The molecule has 0 N–H and O–H groups in total. The van der Waals surface area contributed by atoms with Crippen LogP contribution in [0, 0.1) is 17.8 Å². The summed E-state index contributed by atoms with van der Waals surface area (Å²) in [6.07, 6.45) is -3.93. The number of hydrogen-bond donors (Lipinski definition) is 0. The van der Waals surface area contributed by atoms with Crippen LogP contribution in [0.4, 0.5) is 57.1 Å². The Kier molecular flexibility index (Phi) is 7.02. The zero-order chi connectivity index (χ0) is 24.0. The van der Waals surface area contributed by atoms with Gasteiger partial charge in [-0.25, -0.2) is 0 Å². The summed E-state index contributed by atoms with van der Waals surface area (Å²) in [7, 11) is 0. The fourth-order valence-corrected chi connectivity index (χ4v) is 3.43. The van der Waals surface area contributed by atoms with Gasteiger partial charge < -0.3 is 0 Å². The van der Waals surface area contributed by atoms with E-state index in [0.29, 0.717) is 0 Å². The summed E-state index contributed by atoms with van der Waals surface area (Å²) in [5, 5.41) is 0. The molecule has 1 rings (SSSR count). The van der Waals surface area contributed by atoms with Crippen LogP contribution < -0.4 is 0 Å². The van der Waals surface area contributed by atoms with Gasteiger partial charge in [0.15, 0.2) is 0 Å². The number of halogens is 13. The van der Waals surface area contributed by atoms with Crippen LogP contribution in [0.15, 0.2) is 24.3 Å². The summed E-state index contributed by atoms with van der Waals surface area (Å²) in [6, 6.07) is 0. The van der Waals surface area contributed by atoms with E-state index >= 15 is 0 Å². The third kappa shape index (κ3) is 3.80. The summed E-state index contributed by atoms with van der Waals surface area (Å²) in [6.45, 7) is 2.70. The lowest BCUT2D eigenvalue weighted by molar-refractivity contribution is -0.443. The maximum absolute atomic E-state index is 14.5. The molecule has 176 valence electrons. The fraction of sp³-hybridized carbons (Fsp3) is 0.765. The van der Waals surface area contributed by atoms with E-state index in [-0.39, 0.29) is 6.42 Å². The molecule has 0 nitrogen and oxygen atoms in total. The molecule has 1 aliphatic carbocycles. The predicted molar refractivity (Wildman–Crippen MR) is 80.1 cm³/mol. The summed E-state index contributed by atoms with van der Waals surface area (Å²) in [5.74, 6) is -41.7. The van der Waals surface area contributed by atoms with Gasteiger partial charge in [-0.3, -0.25) is 0 Å². The normalized spacial score (nSPS) is 25.6. The Bertz CT molecular complexity index is 657. The average Bonchev–Trinajstić information content (AvgIpc) is 2.97. The van der Waals surface area contributed by atoms with Gasteiger partial charge in [0.2, 0.25) is 0 Å². The first-order chi connectivity index (χ1) is 13.2. The summed E-state index contributed by atoms with van der Waals surface area (Å²) in [5.41, 5.74) is 0. The van der Waals surface area contributed by atoms with Crippen molar-refractivity contribution in [3.63, 3.8) is 0 Å². The molecule has 1 fully saturated rings. The van der Waals surface area contributed by atoms with Crippen LogP contribution in [0.3, 0.4) is 0 Å². The standard InChI is InChI=1S/C17H17F13/c1-3-5-9-7-10(6-4-2)11(8-9)12(18,19)13(20,21)14(22,23)15(24,25)16(26,27)17(28,29)30/h3-6,9-11H,7-8H2,1-2H3/b5-3-,6-4-/t9?,10-,11?/m0/s1. The average molecular weight is 468 g/mol. The molecule has 0 radical (unpaired) electrons. The van der Waals surface area contributed by atoms with Crippen LogP contribution in [-0.4, -0.2) is 35.8 Å². The van der Waals surface area contributed by atoms with Crippen LogP contribution >= 0.6 is 0 Å². The van der Waals surface area contributed by atoms with E-state index in [2.05, 4.69) is 0 Å². The molecule has 0 aromatic heterocycles. The topological polar surface area (TPSA) is 0 Å². The Morgan fingerprint density at radius 1 is 0.567 bits per heavy atom. The first kappa shape index (κ1) is 26.6. The molecule has 0 aliphatic heterocycles. The third-order valence-corrected chi connectivity index (χ3v) is 4.98. The Morgan fingerprint density at radius 3 is 1.40 bits per heavy atom. The van der Waals surface area contributed by atoms with Crippen LogP contribution in [-0.2, 0) is 0 Å². The van der Waals surface area contributed by atoms with E-state index in [1.165, 1.54) is 26.0 Å². The van der Waals surface area contributed by atoms with Gasteiger partial charge >= 0.3 is 35.8 Å². The zero-order valence-electron chi connectivity index (χ0n) is 15.4. The summed E-state index contributed by atoms with van der Waals surface area (Å²) in [4.78, 5) is 0. The quantitative estimate of drug-likeness (QED) is 0.268. The first-order valence-electron chi connectivity index (χ1n) is 8.45. The van der Waals surface area contributed by atoms with Crippen molar-refractivity contribution in [1.82, 2.24) is 0 Å². The van der Waals surface area contributed by atoms with E-state index in [0.717, 1.165) is 12.2 Å². The smallest absolute Gasteiger partial charge is 0.199 e. The van der Waals surface area contributed by atoms with Gasteiger partial charge in [-0.05, 0) is 38.5 Å². The summed E-state index contributed by atoms with van der Waals surface area (Å²) >= 11 is 0. The van der Waals surface area contributed by atoms with Crippen molar-refractivity contribution in [3.05, 3.63) is 24.3 Å². The monoisotopic (exact) mass is 468 g/mol. The van der Waals surface area contributed by atoms with Gasteiger partial charge in [0, 0.05) is 5.92 Å². The number of hydrogen-bond acceptors (Lipinski definition) is 0. The molecule has 13 heteroatoms. The molecule has 0 aromatic carbocycles. The lowest BCUT2D eigenvalue weighted by Crippen LogP contribution is -2.71. The third-order valence-electron chi connectivity index (χ3n) is 4.98. The van der Waals surface area contributed by atoms with Gasteiger partial charge in [0.25, 0.3) is 0 Å². The Balaban J connectivity index is 3.51. The molecule has 1 aliphatic rings. The minimum Gasteiger partial charge on any atom is -0.199 e. The Morgan fingerprint density at radius 2 is 1.00 bits per heavy atom. The number of allylic oxidation sites excluding steroid dienone is 4. The second-order valence-electron chi connectivity index (χ2n) is 6.97. The van der Waals surface area contributed by atoms with E-state index in [9.17, 15) is 57.1 Å². The SMILES string of the molecule is C/C=C\C1CC(C(F)(F)C(F)(F)C(F)(F)C(F)(F)C(F)(F)C(F)(F)F)[C@@H](/C=C\C)C1. The Labute approximate surface area is 162 Å². The first-order valence-corrected chi connectivity index (χ1v) is 8.45. The highest BCUT2D eigenvalue weighted by Crippen LogP contribution is 2.63. The maximum atomic E-state index is 14.5. The van der Waals surface area contributed by atoms with Crippen molar-refractivity contribution < 1.29 is 57.1 Å². The highest BCUT2D eigenvalue weighted by atomic mass is 19.4. The second kappa shape index (κ2) is 7.92.